The highest BCUT2D eigenvalue weighted by molar-refractivity contribution is 6.28. The molecule has 0 fully saturated rings. The Bertz CT molecular complexity index is 3090. The summed E-state index contributed by atoms with van der Waals surface area (Å²) in [4.78, 5) is 10.4. The SMILES string of the molecule is N#Cc1ccc2c(c1)Oc1cccc3c(-c4ccc5ccc6c(-c7nc(-c8ccccc8)cc(-c8ccccc8)n7)ccc7ccc4c5c76)ccc-2c13. The third-order valence-corrected chi connectivity index (χ3v) is 10.7. The van der Waals surface area contributed by atoms with Gasteiger partial charge in [-0.15, -0.1) is 0 Å². The number of fused-ring (bicyclic) bond motifs is 2. The van der Waals surface area contributed by atoms with Gasteiger partial charge in [0.05, 0.1) is 23.0 Å². The van der Waals surface area contributed by atoms with Gasteiger partial charge in [-0.25, -0.2) is 9.97 Å². The van der Waals surface area contributed by atoms with Crippen molar-refractivity contribution in [2.75, 3.05) is 0 Å². The second kappa shape index (κ2) is 11.3. The molecule has 0 aliphatic carbocycles. The fourth-order valence-electron chi connectivity index (χ4n) is 8.25. The Kier molecular flexibility index (Phi) is 6.28. The van der Waals surface area contributed by atoms with Gasteiger partial charge in [0.2, 0.25) is 0 Å². The summed E-state index contributed by atoms with van der Waals surface area (Å²) in [6.45, 7) is 0. The smallest absolute Gasteiger partial charge is 0.161 e. The first-order chi connectivity index (χ1) is 26.2. The molecule has 53 heavy (non-hydrogen) atoms. The zero-order chi connectivity index (χ0) is 35.0. The second-order valence-corrected chi connectivity index (χ2v) is 13.6. The van der Waals surface area contributed by atoms with Gasteiger partial charge in [-0.1, -0.05) is 127 Å². The lowest BCUT2D eigenvalue weighted by atomic mass is 9.85. The van der Waals surface area contributed by atoms with E-state index in [1.807, 2.05) is 60.7 Å². The van der Waals surface area contributed by atoms with Crippen LogP contribution in [0, 0.1) is 11.3 Å². The molecule has 2 heterocycles. The van der Waals surface area contributed by atoms with Crippen molar-refractivity contribution in [1.29, 1.82) is 5.26 Å². The number of hydrogen-bond donors (Lipinski definition) is 0. The molecule has 244 valence electrons. The molecule has 1 aliphatic rings. The molecule has 4 heteroatoms. The van der Waals surface area contributed by atoms with Gasteiger partial charge in [0.1, 0.15) is 11.5 Å². The number of benzene rings is 9. The van der Waals surface area contributed by atoms with Gasteiger partial charge >= 0.3 is 0 Å². The lowest BCUT2D eigenvalue weighted by Gasteiger charge is -2.23. The van der Waals surface area contributed by atoms with Gasteiger partial charge in [0.25, 0.3) is 0 Å². The van der Waals surface area contributed by atoms with Gasteiger partial charge < -0.3 is 4.74 Å². The summed E-state index contributed by atoms with van der Waals surface area (Å²) in [5, 5.41) is 18.9. The molecule has 0 saturated heterocycles. The second-order valence-electron chi connectivity index (χ2n) is 13.6. The average molecular weight is 674 g/mol. The Labute approximate surface area is 305 Å². The van der Waals surface area contributed by atoms with Gasteiger partial charge in [-0.3, -0.25) is 0 Å². The molecule has 9 aromatic carbocycles. The highest BCUT2D eigenvalue weighted by Crippen LogP contribution is 2.50. The van der Waals surface area contributed by atoms with Crippen molar-refractivity contribution >= 4 is 43.1 Å². The Hall–Kier alpha value is -7.35. The van der Waals surface area contributed by atoms with Crippen molar-refractivity contribution in [2.24, 2.45) is 0 Å². The van der Waals surface area contributed by atoms with E-state index in [1.165, 1.54) is 32.5 Å². The maximum Gasteiger partial charge on any atom is 0.161 e. The van der Waals surface area contributed by atoms with Crippen LogP contribution in [-0.2, 0) is 0 Å². The molecule has 11 rings (SSSR count). The monoisotopic (exact) mass is 673 g/mol. The molecule has 1 aliphatic heterocycles. The molecular formula is C49H27N3O. The molecular weight excluding hydrogens is 647 g/mol. The maximum absolute atomic E-state index is 9.51. The van der Waals surface area contributed by atoms with E-state index in [-0.39, 0.29) is 0 Å². The fraction of sp³-hybridized carbons (Fsp3) is 0. The number of ether oxygens (including phenoxy) is 1. The van der Waals surface area contributed by atoms with E-state index in [4.69, 9.17) is 14.7 Å². The van der Waals surface area contributed by atoms with E-state index in [0.717, 1.165) is 66.7 Å². The number of rotatable bonds is 4. The number of hydrogen-bond acceptors (Lipinski definition) is 4. The van der Waals surface area contributed by atoms with Crippen LogP contribution in [0.2, 0.25) is 0 Å². The zero-order valence-electron chi connectivity index (χ0n) is 28.3. The van der Waals surface area contributed by atoms with Crippen molar-refractivity contribution in [3.05, 3.63) is 169 Å². The third-order valence-electron chi connectivity index (χ3n) is 10.7. The molecule has 0 radical (unpaired) electrons. The first kappa shape index (κ1) is 29.4. The molecule has 0 unspecified atom stereocenters. The summed E-state index contributed by atoms with van der Waals surface area (Å²) < 4.78 is 6.43. The summed E-state index contributed by atoms with van der Waals surface area (Å²) in [5.41, 5.74) is 9.90. The topological polar surface area (TPSA) is 58.8 Å². The van der Waals surface area contributed by atoms with E-state index in [2.05, 4.69) is 109 Å². The normalized spacial score (nSPS) is 11.9. The average Bonchev–Trinajstić information content (AvgIpc) is 3.23. The van der Waals surface area contributed by atoms with E-state index in [1.54, 1.807) is 0 Å². The highest BCUT2D eigenvalue weighted by Gasteiger charge is 2.23. The zero-order valence-corrected chi connectivity index (χ0v) is 28.3. The van der Waals surface area contributed by atoms with Crippen molar-refractivity contribution in [3.8, 4) is 73.7 Å². The molecule has 1 aromatic heterocycles. The molecule has 0 spiro atoms. The van der Waals surface area contributed by atoms with Crippen LogP contribution in [-0.4, -0.2) is 9.97 Å². The molecule has 4 nitrogen and oxygen atoms in total. The molecule has 0 amide bonds. The van der Waals surface area contributed by atoms with Crippen molar-refractivity contribution in [2.45, 2.75) is 0 Å². The molecule has 0 bridgehead atoms. The summed E-state index contributed by atoms with van der Waals surface area (Å²) in [6, 6.07) is 59.2. The molecule has 10 aromatic rings. The van der Waals surface area contributed by atoms with Crippen LogP contribution in [0.15, 0.2) is 164 Å². The highest BCUT2D eigenvalue weighted by atomic mass is 16.5. The van der Waals surface area contributed by atoms with Gasteiger partial charge in [-0.2, -0.15) is 5.26 Å². The van der Waals surface area contributed by atoms with Crippen LogP contribution in [0.25, 0.3) is 99.2 Å². The number of nitriles is 1. The van der Waals surface area contributed by atoms with Crippen molar-refractivity contribution in [3.63, 3.8) is 0 Å². The predicted molar refractivity (Wildman–Crippen MR) is 215 cm³/mol. The quantitative estimate of drug-likeness (QED) is 0.174. The number of aromatic nitrogens is 2. The minimum atomic E-state index is 0.583. The van der Waals surface area contributed by atoms with Crippen LogP contribution >= 0.6 is 0 Å². The Balaban J connectivity index is 1.13. The Morgan fingerprint density at radius 2 is 0.962 bits per heavy atom. The van der Waals surface area contributed by atoms with E-state index >= 15 is 0 Å². The Morgan fingerprint density at radius 3 is 1.62 bits per heavy atom. The molecule has 0 N–H and O–H groups in total. The van der Waals surface area contributed by atoms with E-state index in [0.29, 0.717) is 17.1 Å². The number of nitrogens with zero attached hydrogens (tertiary/aromatic N) is 3. The standard InChI is InChI=1S/C49H27N3O/c50-28-29-14-19-36-39-25-24-35(37-12-7-13-44(48(37)39)53-45(36)26-29)34-20-15-32-17-22-40-41(23-18-33-16-21-38(34)46(32)47(33)40)49-51-42(30-8-3-1-4-9-30)27-43(52-49)31-10-5-2-6-11-31/h1-27H. The molecule has 0 atom stereocenters. The fourth-order valence-corrected chi connectivity index (χ4v) is 8.25. The first-order valence-electron chi connectivity index (χ1n) is 17.7. The minimum absolute atomic E-state index is 0.583. The van der Waals surface area contributed by atoms with Gasteiger partial charge in [-0.05, 0) is 90.8 Å². The predicted octanol–water partition coefficient (Wildman–Crippen LogP) is 12.8. The summed E-state index contributed by atoms with van der Waals surface area (Å²) >= 11 is 0. The van der Waals surface area contributed by atoms with Gasteiger partial charge in [0, 0.05) is 27.6 Å². The van der Waals surface area contributed by atoms with E-state index in [9.17, 15) is 5.26 Å². The summed E-state index contributed by atoms with van der Waals surface area (Å²) in [7, 11) is 0. The van der Waals surface area contributed by atoms with Crippen LogP contribution in [0.3, 0.4) is 0 Å². The van der Waals surface area contributed by atoms with Crippen molar-refractivity contribution < 1.29 is 4.74 Å². The summed E-state index contributed by atoms with van der Waals surface area (Å²) in [6.07, 6.45) is 0. The third kappa shape index (κ3) is 4.48. The van der Waals surface area contributed by atoms with E-state index < -0.39 is 0 Å². The first-order valence-corrected chi connectivity index (χ1v) is 17.7. The lowest BCUT2D eigenvalue weighted by Crippen LogP contribution is -1.99. The minimum Gasteiger partial charge on any atom is -0.456 e. The summed E-state index contributed by atoms with van der Waals surface area (Å²) in [5.74, 6) is 2.22. The van der Waals surface area contributed by atoms with Gasteiger partial charge in [0.15, 0.2) is 5.82 Å². The lowest BCUT2D eigenvalue weighted by molar-refractivity contribution is 0.487. The Morgan fingerprint density at radius 1 is 0.415 bits per heavy atom. The van der Waals surface area contributed by atoms with Crippen LogP contribution in [0.4, 0.5) is 0 Å². The maximum atomic E-state index is 9.51. The van der Waals surface area contributed by atoms with Crippen LogP contribution < -0.4 is 4.74 Å². The van der Waals surface area contributed by atoms with Crippen molar-refractivity contribution in [1.82, 2.24) is 9.97 Å². The van der Waals surface area contributed by atoms with Crippen LogP contribution in [0.5, 0.6) is 11.5 Å². The largest absolute Gasteiger partial charge is 0.456 e. The van der Waals surface area contributed by atoms with Crippen LogP contribution in [0.1, 0.15) is 5.56 Å². The molecule has 0 saturated carbocycles.